The Morgan fingerprint density at radius 3 is 2.52 bits per heavy atom. The second-order valence-corrected chi connectivity index (χ2v) is 8.16. The predicted molar refractivity (Wildman–Crippen MR) is 86.8 cm³/mol. The number of anilines is 1. The lowest BCUT2D eigenvalue weighted by Gasteiger charge is -2.19. The zero-order chi connectivity index (χ0) is 20.0. The molecule has 12 heteroatoms. The standard InChI is InChI=1S/C15H17F4N3O4S/c16-11-5-9(1-3-21-4-2-10(7-21)15(17,18)19)6-12(23)14(11)22-8-13(24)20-27(22,25)26/h5-6,10,23H,1-4,7-8H2,(H,20,24). The monoisotopic (exact) mass is 411 g/mol. The Labute approximate surface area is 152 Å². The van der Waals surface area contributed by atoms with Gasteiger partial charge in [0.05, 0.1) is 5.92 Å². The van der Waals surface area contributed by atoms with E-state index in [1.165, 1.54) is 0 Å². The molecule has 2 N–H and O–H groups in total. The van der Waals surface area contributed by atoms with Crippen molar-refractivity contribution in [1.29, 1.82) is 0 Å². The van der Waals surface area contributed by atoms with E-state index in [1.807, 2.05) is 0 Å². The van der Waals surface area contributed by atoms with Crippen LogP contribution >= 0.6 is 0 Å². The molecule has 0 radical (unpaired) electrons. The van der Waals surface area contributed by atoms with E-state index in [0.717, 1.165) is 12.1 Å². The molecule has 3 rings (SSSR count). The normalized spacial score (nSPS) is 23.0. The fourth-order valence-corrected chi connectivity index (χ4v) is 4.44. The Balaban J connectivity index is 1.70. The third-order valence-electron chi connectivity index (χ3n) is 4.62. The molecule has 1 amide bonds. The average molecular weight is 411 g/mol. The molecule has 0 aliphatic carbocycles. The molecule has 2 aliphatic rings. The fourth-order valence-electron chi connectivity index (χ4n) is 3.27. The molecule has 7 nitrogen and oxygen atoms in total. The lowest BCUT2D eigenvalue weighted by atomic mass is 10.1. The van der Waals surface area contributed by atoms with Crippen molar-refractivity contribution >= 4 is 21.8 Å². The molecule has 1 atom stereocenters. The van der Waals surface area contributed by atoms with Gasteiger partial charge in [0.1, 0.15) is 18.0 Å². The van der Waals surface area contributed by atoms with E-state index in [9.17, 15) is 35.9 Å². The zero-order valence-corrected chi connectivity index (χ0v) is 14.8. The number of phenolic OH excluding ortho intramolecular Hbond substituents is 1. The number of benzene rings is 1. The number of hydrogen-bond acceptors (Lipinski definition) is 5. The van der Waals surface area contributed by atoms with Gasteiger partial charge in [-0.15, -0.1) is 0 Å². The van der Waals surface area contributed by atoms with E-state index in [-0.39, 0.29) is 32.5 Å². The number of halogens is 4. The summed E-state index contributed by atoms with van der Waals surface area (Å²) < 4.78 is 78.1. The van der Waals surface area contributed by atoms with E-state index in [0.29, 0.717) is 9.87 Å². The van der Waals surface area contributed by atoms with Gasteiger partial charge in [0.15, 0.2) is 5.82 Å². The topological polar surface area (TPSA) is 90.0 Å². The number of rotatable bonds is 4. The lowest BCUT2D eigenvalue weighted by Crippen LogP contribution is -2.30. The maximum atomic E-state index is 14.4. The second-order valence-electron chi connectivity index (χ2n) is 6.56. The highest BCUT2D eigenvalue weighted by Crippen LogP contribution is 2.36. The molecule has 0 bridgehead atoms. The molecule has 1 aromatic carbocycles. The summed E-state index contributed by atoms with van der Waals surface area (Å²) in [6.07, 6.45) is -4.05. The molecule has 2 fully saturated rings. The summed E-state index contributed by atoms with van der Waals surface area (Å²) in [4.78, 5) is 12.9. The summed E-state index contributed by atoms with van der Waals surface area (Å²) in [6, 6.07) is 2.15. The van der Waals surface area contributed by atoms with Crippen molar-refractivity contribution in [2.75, 3.05) is 30.5 Å². The van der Waals surface area contributed by atoms with E-state index >= 15 is 0 Å². The van der Waals surface area contributed by atoms with Crippen molar-refractivity contribution < 1.29 is 35.9 Å². The average Bonchev–Trinajstić information content (AvgIpc) is 3.09. The van der Waals surface area contributed by atoms with Gasteiger partial charge in [-0.3, -0.25) is 4.79 Å². The van der Waals surface area contributed by atoms with Crippen LogP contribution in [0.25, 0.3) is 0 Å². The molecule has 2 aliphatic heterocycles. The molecule has 2 saturated heterocycles. The van der Waals surface area contributed by atoms with Crippen molar-refractivity contribution in [3.8, 4) is 5.75 Å². The van der Waals surface area contributed by atoms with Crippen LogP contribution in [0.2, 0.25) is 0 Å². The molecule has 0 spiro atoms. The minimum Gasteiger partial charge on any atom is -0.506 e. The third kappa shape index (κ3) is 4.10. The number of amides is 1. The van der Waals surface area contributed by atoms with E-state index < -0.39 is 52.0 Å². The SMILES string of the molecule is O=C1CN(c2c(O)cc(CCN3CCC(C(F)(F)F)C3)cc2F)S(=O)(=O)N1. The number of carbonyl (C=O) groups excluding carboxylic acids is 1. The zero-order valence-electron chi connectivity index (χ0n) is 14.0. The van der Waals surface area contributed by atoms with Crippen molar-refractivity contribution in [2.45, 2.75) is 19.0 Å². The van der Waals surface area contributed by atoms with Crippen LogP contribution in [-0.4, -0.2) is 56.7 Å². The molecule has 2 heterocycles. The first-order valence-corrected chi connectivity index (χ1v) is 9.55. The van der Waals surface area contributed by atoms with Gasteiger partial charge >= 0.3 is 16.4 Å². The maximum absolute atomic E-state index is 14.4. The first kappa shape index (κ1) is 19.7. The lowest BCUT2D eigenvalue weighted by molar-refractivity contribution is -0.170. The highest BCUT2D eigenvalue weighted by Gasteiger charge is 2.43. The summed E-state index contributed by atoms with van der Waals surface area (Å²) in [5, 5.41) is 10.0. The number of aromatic hydroxyl groups is 1. The minimum atomic E-state index is -4.27. The van der Waals surface area contributed by atoms with Gasteiger partial charge in [-0.25, -0.2) is 13.4 Å². The van der Waals surface area contributed by atoms with Crippen LogP contribution in [0, 0.1) is 11.7 Å². The number of likely N-dealkylation sites (tertiary alicyclic amines) is 1. The van der Waals surface area contributed by atoms with Crippen molar-refractivity contribution in [2.24, 2.45) is 5.92 Å². The largest absolute Gasteiger partial charge is 0.506 e. The highest BCUT2D eigenvalue weighted by atomic mass is 32.2. The summed E-state index contributed by atoms with van der Waals surface area (Å²) in [7, 11) is -4.27. The first-order chi connectivity index (χ1) is 12.5. The summed E-state index contributed by atoms with van der Waals surface area (Å²) in [5.74, 6) is -3.94. The van der Waals surface area contributed by atoms with Crippen LogP contribution in [-0.2, 0) is 21.4 Å². The van der Waals surface area contributed by atoms with Gasteiger partial charge in [-0.1, -0.05) is 0 Å². The number of hydrogen-bond donors (Lipinski definition) is 2. The number of phenols is 1. The Hall–Kier alpha value is -2.08. The Kier molecular flexibility index (Phi) is 4.97. The molecule has 1 unspecified atom stereocenters. The highest BCUT2D eigenvalue weighted by molar-refractivity contribution is 7.92. The Morgan fingerprint density at radius 2 is 2.00 bits per heavy atom. The minimum absolute atomic E-state index is 0.00982. The molecule has 0 saturated carbocycles. The number of nitrogens with zero attached hydrogens (tertiary/aromatic N) is 2. The first-order valence-electron chi connectivity index (χ1n) is 8.11. The van der Waals surface area contributed by atoms with Crippen LogP contribution in [0.4, 0.5) is 23.2 Å². The quantitative estimate of drug-likeness (QED) is 0.726. The van der Waals surface area contributed by atoms with Crippen LogP contribution in [0.3, 0.4) is 0 Å². The van der Waals surface area contributed by atoms with Crippen molar-refractivity contribution in [1.82, 2.24) is 9.62 Å². The summed E-state index contributed by atoms with van der Waals surface area (Å²) in [5.41, 5.74) is -0.338. The van der Waals surface area contributed by atoms with E-state index in [4.69, 9.17) is 0 Å². The van der Waals surface area contributed by atoms with Crippen molar-refractivity contribution in [3.63, 3.8) is 0 Å². The van der Waals surface area contributed by atoms with E-state index in [2.05, 4.69) is 0 Å². The molecular weight excluding hydrogens is 394 g/mol. The second kappa shape index (κ2) is 6.82. The van der Waals surface area contributed by atoms with Gasteiger partial charge < -0.3 is 10.0 Å². The number of alkyl halides is 3. The van der Waals surface area contributed by atoms with Crippen LogP contribution in [0.1, 0.15) is 12.0 Å². The Bertz CT molecular complexity index is 836. The predicted octanol–water partition coefficient (Wildman–Crippen LogP) is 1.14. The van der Waals surface area contributed by atoms with E-state index in [1.54, 1.807) is 9.62 Å². The smallest absolute Gasteiger partial charge is 0.393 e. The van der Waals surface area contributed by atoms with Gasteiger partial charge in [0.2, 0.25) is 0 Å². The van der Waals surface area contributed by atoms with Crippen molar-refractivity contribution in [3.05, 3.63) is 23.5 Å². The third-order valence-corrected chi connectivity index (χ3v) is 6.00. The summed E-state index contributed by atoms with van der Waals surface area (Å²) in [6.45, 7) is -0.266. The van der Waals surface area contributed by atoms with Gasteiger partial charge in [0, 0.05) is 13.1 Å². The maximum Gasteiger partial charge on any atom is 0.393 e. The molecule has 150 valence electrons. The van der Waals surface area contributed by atoms with Gasteiger partial charge in [-0.05, 0) is 37.1 Å². The number of nitrogens with one attached hydrogen (secondary N) is 1. The van der Waals surface area contributed by atoms with Crippen LogP contribution in [0.5, 0.6) is 5.75 Å². The molecular formula is C15H17F4N3O4S. The molecule has 1 aromatic rings. The van der Waals surface area contributed by atoms with Gasteiger partial charge in [0.25, 0.3) is 5.91 Å². The van der Waals surface area contributed by atoms with Gasteiger partial charge in [-0.2, -0.15) is 21.6 Å². The van der Waals surface area contributed by atoms with Crippen LogP contribution in [0.15, 0.2) is 12.1 Å². The molecule has 0 aromatic heterocycles. The fraction of sp³-hybridized carbons (Fsp3) is 0.533. The Morgan fingerprint density at radius 1 is 1.30 bits per heavy atom. The number of carbonyl (C=O) groups is 1. The molecule has 27 heavy (non-hydrogen) atoms. The summed E-state index contributed by atoms with van der Waals surface area (Å²) >= 11 is 0. The van der Waals surface area contributed by atoms with Crippen LogP contribution < -0.4 is 9.03 Å².